The van der Waals surface area contributed by atoms with Crippen LogP contribution in [-0.2, 0) is 0 Å². The van der Waals surface area contributed by atoms with Gasteiger partial charge in [-0.2, -0.15) is 0 Å². The van der Waals surface area contributed by atoms with Crippen LogP contribution in [0.5, 0.6) is 5.75 Å². The SMILES string of the molecule is COc1ccc(-c2nc(Br)sc2C)cc1. The number of ether oxygens (including phenoxy) is 1. The lowest BCUT2D eigenvalue weighted by molar-refractivity contribution is 0.415. The number of aromatic nitrogens is 1. The van der Waals surface area contributed by atoms with E-state index in [9.17, 15) is 0 Å². The van der Waals surface area contributed by atoms with Crippen molar-refractivity contribution in [1.82, 2.24) is 4.98 Å². The Kier molecular flexibility index (Phi) is 3.07. The van der Waals surface area contributed by atoms with Crippen molar-refractivity contribution in [2.75, 3.05) is 7.11 Å². The van der Waals surface area contributed by atoms with Gasteiger partial charge >= 0.3 is 0 Å². The molecule has 0 unspecified atom stereocenters. The second-order valence-corrected chi connectivity index (χ2v) is 5.58. The first-order valence-electron chi connectivity index (χ1n) is 4.48. The molecule has 4 heteroatoms. The topological polar surface area (TPSA) is 22.1 Å². The molecular formula is C11H10BrNOS. The predicted molar refractivity (Wildman–Crippen MR) is 66.5 cm³/mol. The zero-order chi connectivity index (χ0) is 10.8. The van der Waals surface area contributed by atoms with Crippen LogP contribution in [0.1, 0.15) is 4.88 Å². The molecule has 2 aromatic rings. The lowest BCUT2D eigenvalue weighted by Crippen LogP contribution is -1.83. The van der Waals surface area contributed by atoms with Gasteiger partial charge in [0.15, 0.2) is 3.92 Å². The second kappa shape index (κ2) is 4.33. The Balaban J connectivity index is 2.41. The average molecular weight is 284 g/mol. The van der Waals surface area contributed by atoms with Crippen LogP contribution in [0.15, 0.2) is 28.2 Å². The van der Waals surface area contributed by atoms with E-state index in [-0.39, 0.29) is 0 Å². The molecule has 2 rings (SSSR count). The summed E-state index contributed by atoms with van der Waals surface area (Å²) in [4.78, 5) is 5.65. The minimum Gasteiger partial charge on any atom is -0.497 e. The van der Waals surface area contributed by atoms with E-state index >= 15 is 0 Å². The molecule has 0 N–H and O–H groups in total. The first kappa shape index (κ1) is 10.6. The van der Waals surface area contributed by atoms with E-state index in [0.29, 0.717) is 0 Å². The molecule has 0 radical (unpaired) electrons. The molecule has 15 heavy (non-hydrogen) atoms. The Morgan fingerprint density at radius 1 is 1.27 bits per heavy atom. The maximum atomic E-state index is 5.11. The number of aryl methyl sites for hydroxylation is 1. The van der Waals surface area contributed by atoms with Crippen LogP contribution in [0.4, 0.5) is 0 Å². The highest BCUT2D eigenvalue weighted by Gasteiger charge is 2.07. The molecule has 0 amide bonds. The highest BCUT2D eigenvalue weighted by Crippen LogP contribution is 2.30. The van der Waals surface area contributed by atoms with Gasteiger partial charge in [0.1, 0.15) is 5.75 Å². The van der Waals surface area contributed by atoms with E-state index < -0.39 is 0 Å². The van der Waals surface area contributed by atoms with Crippen molar-refractivity contribution in [2.24, 2.45) is 0 Å². The third-order valence-corrected chi connectivity index (χ3v) is 3.56. The van der Waals surface area contributed by atoms with Crippen LogP contribution >= 0.6 is 27.3 Å². The van der Waals surface area contributed by atoms with Crippen molar-refractivity contribution in [3.63, 3.8) is 0 Å². The monoisotopic (exact) mass is 283 g/mol. The molecule has 0 saturated heterocycles. The Bertz CT molecular complexity index is 464. The predicted octanol–water partition coefficient (Wildman–Crippen LogP) is 3.89. The maximum Gasteiger partial charge on any atom is 0.160 e. The van der Waals surface area contributed by atoms with E-state index in [4.69, 9.17) is 4.74 Å². The van der Waals surface area contributed by atoms with Gasteiger partial charge in [0, 0.05) is 10.4 Å². The Labute approximate surface area is 101 Å². The summed E-state index contributed by atoms with van der Waals surface area (Å²) in [6.45, 7) is 2.07. The molecule has 2 nitrogen and oxygen atoms in total. The van der Waals surface area contributed by atoms with Crippen LogP contribution in [-0.4, -0.2) is 12.1 Å². The standard InChI is InChI=1S/C11H10BrNOS/c1-7-10(13-11(12)15-7)8-3-5-9(14-2)6-4-8/h3-6H,1-2H3. The van der Waals surface area contributed by atoms with Crippen LogP contribution in [0, 0.1) is 6.92 Å². The van der Waals surface area contributed by atoms with Gasteiger partial charge in [0.2, 0.25) is 0 Å². The summed E-state index contributed by atoms with van der Waals surface area (Å²) in [5.74, 6) is 0.866. The van der Waals surface area contributed by atoms with E-state index in [1.54, 1.807) is 18.4 Å². The first-order valence-corrected chi connectivity index (χ1v) is 6.09. The summed E-state index contributed by atoms with van der Waals surface area (Å²) in [5.41, 5.74) is 2.16. The molecule has 0 aliphatic rings. The summed E-state index contributed by atoms with van der Waals surface area (Å²) in [5, 5.41) is 0. The molecule has 1 aromatic heterocycles. The Morgan fingerprint density at radius 2 is 1.93 bits per heavy atom. The minimum atomic E-state index is 0.866. The molecular weight excluding hydrogens is 274 g/mol. The van der Waals surface area contributed by atoms with Crippen molar-refractivity contribution in [1.29, 1.82) is 0 Å². The van der Waals surface area contributed by atoms with Gasteiger partial charge in [-0.15, -0.1) is 11.3 Å². The lowest BCUT2D eigenvalue weighted by atomic mass is 10.1. The quantitative estimate of drug-likeness (QED) is 0.834. The summed E-state index contributed by atoms with van der Waals surface area (Å²) < 4.78 is 6.04. The molecule has 0 saturated carbocycles. The van der Waals surface area contributed by atoms with Crippen LogP contribution in [0.25, 0.3) is 11.3 Å². The smallest absolute Gasteiger partial charge is 0.160 e. The Hall–Kier alpha value is -0.870. The number of hydrogen-bond donors (Lipinski definition) is 0. The molecule has 0 bridgehead atoms. The van der Waals surface area contributed by atoms with Gasteiger partial charge in [-0.05, 0) is 47.1 Å². The minimum absolute atomic E-state index is 0.866. The molecule has 0 aliphatic heterocycles. The number of hydrogen-bond acceptors (Lipinski definition) is 3. The fourth-order valence-corrected chi connectivity index (χ4v) is 2.94. The first-order chi connectivity index (χ1) is 7.20. The zero-order valence-electron chi connectivity index (χ0n) is 8.45. The molecule has 1 aromatic carbocycles. The highest BCUT2D eigenvalue weighted by atomic mass is 79.9. The summed E-state index contributed by atoms with van der Waals surface area (Å²) in [6.07, 6.45) is 0. The number of thiazole rings is 1. The molecule has 0 spiro atoms. The van der Waals surface area contributed by atoms with Crippen LogP contribution in [0.3, 0.4) is 0 Å². The highest BCUT2D eigenvalue weighted by molar-refractivity contribution is 9.11. The van der Waals surface area contributed by atoms with Crippen molar-refractivity contribution in [3.8, 4) is 17.0 Å². The second-order valence-electron chi connectivity index (χ2n) is 3.10. The molecule has 0 aliphatic carbocycles. The fraction of sp³-hybridized carbons (Fsp3) is 0.182. The van der Waals surface area contributed by atoms with Gasteiger partial charge in [0.25, 0.3) is 0 Å². The van der Waals surface area contributed by atoms with Crippen molar-refractivity contribution >= 4 is 27.3 Å². The maximum absolute atomic E-state index is 5.11. The summed E-state index contributed by atoms with van der Waals surface area (Å²) >= 11 is 5.04. The van der Waals surface area contributed by atoms with Gasteiger partial charge < -0.3 is 4.74 Å². The van der Waals surface area contributed by atoms with E-state index in [0.717, 1.165) is 20.9 Å². The van der Waals surface area contributed by atoms with Crippen LogP contribution < -0.4 is 4.74 Å². The molecule has 0 fully saturated rings. The Morgan fingerprint density at radius 3 is 2.40 bits per heavy atom. The third-order valence-electron chi connectivity index (χ3n) is 2.13. The van der Waals surface area contributed by atoms with Crippen LogP contribution in [0.2, 0.25) is 0 Å². The summed E-state index contributed by atoms with van der Waals surface area (Å²) in [6, 6.07) is 7.94. The average Bonchev–Trinajstić information content (AvgIpc) is 2.58. The van der Waals surface area contributed by atoms with Crippen molar-refractivity contribution in [3.05, 3.63) is 33.1 Å². The lowest BCUT2D eigenvalue weighted by Gasteiger charge is -2.01. The third kappa shape index (κ3) is 2.21. The van der Waals surface area contributed by atoms with Crippen molar-refractivity contribution in [2.45, 2.75) is 6.92 Å². The van der Waals surface area contributed by atoms with Gasteiger partial charge in [-0.25, -0.2) is 4.98 Å². The zero-order valence-corrected chi connectivity index (χ0v) is 10.9. The molecule has 0 atom stereocenters. The van der Waals surface area contributed by atoms with Crippen molar-refractivity contribution < 1.29 is 4.74 Å². The van der Waals surface area contributed by atoms with Gasteiger partial charge in [0.05, 0.1) is 12.8 Å². The largest absolute Gasteiger partial charge is 0.497 e. The fourth-order valence-electron chi connectivity index (χ4n) is 1.38. The van der Waals surface area contributed by atoms with E-state index in [2.05, 4.69) is 27.8 Å². The van der Waals surface area contributed by atoms with E-state index in [1.807, 2.05) is 24.3 Å². The molecule has 78 valence electrons. The summed E-state index contributed by atoms with van der Waals surface area (Å²) in [7, 11) is 1.67. The normalized spacial score (nSPS) is 10.3. The van der Waals surface area contributed by atoms with Gasteiger partial charge in [-0.3, -0.25) is 0 Å². The number of benzene rings is 1. The number of nitrogens with zero attached hydrogens (tertiary/aromatic N) is 1. The number of rotatable bonds is 2. The van der Waals surface area contributed by atoms with Gasteiger partial charge in [-0.1, -0.05) is 0 Å². The van der Waals surface area contributed by atoms with E-state index in [1.165, 1.54) is 4.88 Å². The number of halogens is 1. The molecule has 1 heterocycles. The number of methoxy groups -OCH3 is 1.